The van der Waals surface area contributed by atoms with Gasteiger partial charge in [-0.1, -0.05) is 47.2 Å². The molecule has 0 unspecified atom stereocenters. The molecule has 2 heterocycles. The highest BCUT2D eigenvalue weighted by atomic mass is 16.3. The summed E-state index contributed by atoms with van der Waals surface area (Å²) in [6.45, 7) is 6.00. The van der Waals surface area contributed by atoms with Gasteiger partial charge in [0.2, 0.25) is 11.8 Å². The normalized spacial score (nSPS) is 12.1. The zero-order valence-electron chi connectivity index (χ0n) is 18.9. The smallest absolute Gasteiger partial charge is 0.247 e. The first-order valence-electron chi connectivity index (χ1n) is 10.9. The van der Waals surface area contributed by atoms with Gasteiger partial charge in [-0.3, -0.25) is 9.59 Å². The van der Waals surface area contributed by atoms with Crippen molar-refractivity contribution in [3.05, 3.63) is 83.8 Å². The van der Waals surface area contributed by atoms with Crippen molar-refractivity contribution < 1.29 is 14.0 Å². The summed E-state index contributed by atoms with van der Waals surface area (Å²) in [5, 5.41) is 11.2. The number of furan rings is 1. The van der Waals surface area contributed by atoms with Gasteiger partial charge in [0.25, 0.3) is 0 Å². The summed E-state index contributed by atoms with van der Waals surface area (Å²) >= 11 is 0. The third-order valence-electron chi connectivity index (χ3n) is 5.49. The minimum absolute atomic E-state index is 0.0213. The molecule has 0 saturated carbocycles. The molecule has 2 aromatic carbocycles. The number of fused-ring (bicyclic) bond motifs is 1. The van der Waals surface area contributed by atoms with Crippen molar-refractivity contribution in [3.63, 3.8) is 0 Å². The Hall–Kier alpha value is -3.94. The van der Waals surface area contributed by atoms with Crippen molar-refractivity contribution >= 4 is 22.8 Å². The lowest BCUT2D eigenvalue weighted by molar-refractivity contribution is -0.143. The van der Waals surface area contributed by atoms with Crippen LogP contribution in [0.2, 0.25) is 0 Å². The van der Waals surface area contributed by atoms with Crippen LogP contribution < -0.4 is 5.32 Å². The van der Waals surface area contributed by atoms with Gasteiger partial charge >= 0.3 is 0 Å². The molecule has 0 saturated heterocycles. The Morgan fingerprint density at radius 3 is 2.52 bits per heavy atom. The van der Waals surface area contributed by atoms with E-state index in [9.17, 15) is 9.59 Å². The molecule has 33 heavy (non-hydrogen) atoms. The van der Waals surface area contributed by atoms with E-state index in [2.05, 4.69) is 15.6 Å². The molecule has 0 aliphatic carbocycles. The summed E-state index contributed by atoms with van der Waals surface area (Å²) in [6.07, 6.45) is 1.56. The molecule has 0 aliphatic heterocycles. The van der Waals surface area contributed by atoms with Crippen molar-refractivity contribution in [2.75, 3.05) is 0 Å². The van der Waals surface area contributed by atoms with E-state index in [1.807, 2.05) is 69.3 Å². The SMILES string of the molecule is Cc1ccc([C@H](C(=O)NCc2ccco2)N(C(=O)Cn2nnc3ccccc32)C(C)C)cc1. The highest BCUT2D eigenvalue weighted by Crippen LogP contribution is 2.25. The summed E-state index contributed by atoms with van der Waals surface area (Å²) in [5.41, 5.74) is 3.30. The van der Waals surface area contributed by atoms with Crippen molar-refractivity contribution in [2.45, 2.75) is 45.9 Å². The van der Waals surface area contributed by atoms with Gasteiger partial charge in [0.15, 0.2) is 0 Å². The fourth-order valence-electron chi connectivity index (χ4n) is 3.85. The van der Waals surface area contributed by atoms with Gasteiger partial charge in [0.05, 0.1) is 18.3 Å². The topological polar surface area (TPSA) is 93.3 Å². The lowest BCUT2D eigenvalue weighted by Crippen LogP contribution is -2.48. The second-order valence-electron chi connectivity index (χ2n) is 8.24. The van der Waals surface area contributed by atoms with Crippen LogP contribution in [0, 0.1) is 6.92 Å². The fraction of sp³-hybridized carbons (Fsp3) is 0.280. The lowest BCUT2D eigenvalue weighted by atomic mass is 10.0. The van der Waals surface area contributed by atoms with E-state index in [1.165, 1.54) is 0 Å². The third-order valence-corrected chi connectivity index (χ3v) is 5.49. The average Bonchev–Trinajstić information content (AvgIpc) is 3.46. The molecule has 2 amide bonds. The fourth-order valence-corrected chi connectivity index (χ4v) is 3.85. The van der Waals surface area contributed by atoms with Gasteiger partial charge in [-0.05, 0) is 50.6 Å². The standard InChI is InChI=1S/C25H27N5O3/c1-17(2)30(23(31)16-29-22-9-5-4-8-21(22)27-28-29)24(19-12-10-18(3)11-13-19)25(32)26-15-20-7-6-14-33-20/h4-14,17,24H,15-16H2,1-3H3,(H,26,32)/t24-/m1/s1. The minimum Gasteiger partial charge on any atom is -0.467 e. The van der Waals surface area contributed by atoms with E-state index in [-0.39, 0.29) is 30.9 Å². The molecule has 0 fully saturated rings. The van der Waals surface area contributed by atoms with Gasteiger partial charge in [-0.2, -0.15) is 0 Å². The molecule has 4 aromatic rings. The number of hydrogen-bond donors (Lipinski definition) is 1. The molecule has 0 spiro atoms. The van der Waals surface area contributed by atoms with Gasteiger partial charge in [0, 0.05) is 6.04 Å². The van der Waals surface area contributed by atoms with Crippen molar-refractivity contribution in [3.8, 4) is 0 Å². The number of benzene rings is 2. The number of carbonyl (C=O) groups is 2. The maximum absolute atomic E-state index is 13.6. The number of nitrogens with zero attached hydrogens (tertiary/aromatic N) is 4. The zero-order valence-corrected chi connectivity index (χ0v) is 18.9. The Labute approximate surface area is 192 Å². The molecule has 170 valence electrons. The lowest BCUT2D eigenvalue weighted by Gasteiger charge is -2.34. The Kier molecular flexibility index (Phi) is 6.53. The van der Waals surface area contributed by atoms with Gasteiger partial charge in [-0.15, -0.1) is 5.10 Å². The van der Waals surface area contributed by atoms with Crippen LogP contribution in [-0.4, -0.2) is 37.7 Å². The van der Waals surface area contributed by atoms with Gasteiger partial charge < -0.3 is 14.6 Å². The Morgan fingerprint density at radius 2 is 1.82 bits per heavy atom. The van der Waals surface area contributed by atoms with E-state index in [0.717, 1.165) is 16.6 Å². The third kappa shape index (κ3) is 4.95. The van der Waals surface area contributed by atoms with E-state index in [0.29, 0.717) is 11.3 Å². The maximum Gasteiger partial charge on any atom is 0.247 e. The Bertz CT molecular complexity index is 1230. The largest absolute Gasteiger partial charge is 0.467 e. The number of hydrogen-bond acceptors (Lipinski definition) is 5. The predicted molar refractivity (Wildman–Crippen MR) is 124 cm³/mol. The van der Waals surface area contributed by atoms with Crippen LogP contribution >= 0.6 is 0 Å². The first-order valence-corrected chi connectivity index (χ1v) is 10.9. The number of para-hydroxylation sites is 1. The van der Waals surface area contributed by atoms with E-state index >= 15 is 0 Å². The van der Waals surface area contributed by atoms with E-state index in [4.69, 9.17) is 4.42 Å². The maximum atomic E-state index is 13.6. The van der Waals surface area contributed by atoms with Crippen molar-refractivity contribution in [2.24, 2.45) is 0 Å². The van der Waals surface area contributed by atoms with Crippen LogP contribution in [-0.2, 0) is 22.7 Å². The molecule has 1 N–H and O–H groups in total. The van der Waals surface area contributed by atoms with Crippen LogP contribution in [0.4, 0.5) is 0 Å². The molecule has 0 aliphatic rings. The second kappa shape index (κ2) is 9.68. The molecule has 1 atom stereocenters. The summed E-state index contributed by atoms with van der Waals surface area (Å²) in [6, 6.07) is 17.7. The number of amides is 2. The van der Waals surface area contributed by atoms with E-state index < -0.39 is 6.04 Å². The average molecular weight is 446 g/mol. The quantitative estimate of drug-likeness (QED) is 0.447. The second-order valence-corrected chi connectivity index (χ2v) is 8.24. The highest BCUT2D eigenvalue weighted by molar-refractivity contribution is 5.89. The van der Waals surface area contributed by atoms with Crippen LogP contribution in [0.3, 0.4) is 0 Å². The highest BCUT2D eigenvalue weighted by Gasteiger charge is 2.33. The molecular formula is C25H27N5O3. The summed E-state index contributed by atoms with van der Waals surface area (Å²) in [7, 11) is 0. The van der Waals surface area contributed by atoms with E-state index in [1.54, 1.807) is 28.0 Å². The summed E-state index contributed by atoms with van der Waals surface area (Å²) in [5.74, 6) is 0.141. The first kappa shape index (κ1) is 22.3. The summed E-state index contributed by atoms with van der Waals surface area (Å²) in [4.78, 5) is 28.6. The summed E-state index contributed by atoms with van der Waals surface area (Å²) < 4.78 is 6.91. The number of aryl methyl sites for hydroxylation is 1. The number of carbonyl (C=O) groups excluding carboxylic acids is 2. The monoisotopic (exact) mass is 445 g/mol. The minimum atomic E-state index is -0.803. The molecule has 8 nitrogen and oxygen atoms in total. The molecular weight excluding hydrogens is 418 g/mol. The Morgan fingerprint density at radius 1 is 1.06 bits per heavy atom. The molecule has 4 rings (SSSR count). The number of aromatic nitrogens is 3. The molecule has 8 heteroatoms. The first-order chi connectivity index (χ1) is 15.9. The number of rotatable bonds is 8. The van der Waals surface area contributed by atoms with Crippen LogP contribution in [0.1, 0.15) is 36.8 Å². The van der Waals surface area contributed by atoms with Gasteiger partial charge in [0.1, 0.15) is 23.9 Å². The molecule has 2 aromatic heterocycles. The van der Waals surface area contributed by atoms with Crippen LogP contribution in [0.5, 0.6) is 0 Å². The van der Waals surface area contributed by atoms with Crippen molar-refractivity contribution in [1.29, 1.82) is 0 Å². The van der Waals surface area contributed by atoms with Crippen LogP contribution in [0.25, 0.3) is 11.0 Å². The van der Waals surface area contributed by atoms with Crippen molar-refractivity contribution in [1.82, 2.24) is 25.2 Å². The van der Waals surface area contributed by atoms with Crippen LogP contribution in [0.15, 0.2) is 71.3 Å². The molecule has 0 bridgehead atoms. The predicted octanol–water partition coefficient (Wildman–Crippen LogP) is 3.63. The molecule has 0 radical (unpaired) electrons. The Balaban J connectivity index is 1.64. The van der Waals surface area contributed by atoms with Gasteiger partial charge in [-0.25, -0.2) is 4.68 Å². The number of nitrogens with one attached hydrogen (secondary N) is 1. The zero-order chi connectivity index (χ0) is 23.4.